The van der Waals surface area contributed by atoms with Crippen LogP contribution in [0.5, 0.6) is 0 Å². The van der Waals surface area contributed by atoms with Crippen molar-refractivity contribution in [2.24, 2.45) is 0 Å². The lowest BCUT2D eigenvalue weighted by molar-refractivity contribution is -0.219. The van der Waals surface area contributed by atoms with Gasteiger partial charge >= 0.3 is 18.5 Å². The first-order valence-corrected chi connectivity index (χ1v) is 15.5. The van der Waals surface area contributed by atoms with E-state index in [1.165, 1.54) is 27.0 Å². The van der Waals surface area contributed by atoms with E-state index in [-0.39, 0.29) is 16.8 Å². The van der Waals surface area contributed by atoms with Gasteiger partial charge in [-0.25, -0.2) is 18.8 Å². The molecule has 5 N–H and O–H groups in total. The van der Waals surface area contributed by atoms with Gasteiger partial charge in [0.25, 0.3) is 5.79 Å². The molecule has 0 saturated heterocycles. The maximum absolute atomic E-state index is 14.1. The summed E-state index contributed by atoms with van der Waals surface area (Å²) in [6, 6.07) is 20.3. The second-order valence-corrected chi connectivity index (χ2v) is 12.5. The van der Waals surface area contributed by atoms with Crippen molar-refractivity contribution in [2.45, 2.75) is 49.3 Å². The quantitative estimate of drug-likeness (QED) is 0.0721. The molecule has 14 heteroatoms. The average molecular weight is 673 g/mol. The molecule has 1 aliphatic carbocycles. The van der Waals surface area contributed by atoms with Crippen molar-refractivity contribution in [1.29, 1.82) is 0 Å². The van der Waals surface area contributed by atoms with E-state index in [4.69, 9.17) is 15.3 Å². The standard InChI is InChI=1S/C27H29FN2S.C6H8O10/c1-19-22-10-4-5-11-23(22)29-25(19)26(24-12-7-17-31-24)13-15-27(16-14-26,30(2)3)20-8-6-9-21(28)18-20;7-3(8)14-1-6(13,16-5(11)12)2-15-4(9)10/h4-12,17-18,29H,13-16H2,1-3H3;13H,1-2H2,(H,7,8)(H,9,10)(H,11,12). The van der Waals surface area contributed by atoms with Gasteiger partial charge < -0.3 is 39.6 Å². The van der Waals surface area contributed by atoms with Gasteiger partial charge in [0.05, 0.1) is 0 Å². The summed E-state index contributed by atoms with van der Waals surface area (Å²) in [7, 11) is 4.27. The Morgan fingerprint density at radius 2 is 1.55 bits per heavy atom. The fourth-order valence-corrected chi connectivity index (χ4v) is 7.40. The number of rotatable bonds is 9. The van der Waals surface area contributed by atoms with E-state index in [1.807, 2.05) is 17.4 Å². The number of H-pyrrole nitrogens is 1. The molecule has 0 bridgehead atoms. The van der Waals surface area contributed by atoms with Crippen molar-refractivity contribution in [3.8, 4) is 0 Å². The minimum absolute atomic E-state index is 0.0376. The lowest BCUT2D eigenvalue weighted by atomic mass is 9.62. The van der Waals surface area contributed by atoms with E-state index in [0.29, 0.717) is 0 Å². The van der Waals surface area contributed by atoms with E-state index >= 15 is 0 Å². The number of carbonyl (C=O) groups is 3. The summed E-state index contributed by atoms with van der Waals surface area (Å²) in [6.07, 6.45) is -1.55. The fourth-order valence-electron chi connectivity index (χ4n) is 6.41. The molecule has 252 valence electrons. The summed E-state index contributed by atoms with van der Waals surface area (Å²) >= 11 is 1.85. The topological polar surface area (TPSA) is 179 Å². The van der Waals surface area contributed by atoms with Crippen molar-refractivity contribution in [2.75, 3.05) is 27.3 Å². The Bertz CT molecular complexity index is 1680. The molecule has 0 aliphatic heterocycles. The summed E-state index contributed by atoms with van der Waals surface area (Å²) in [5.41, 5.74) is 4.81. The van der Waals surface area contributed by atoms with Crippen LogP contribution in [0.4, 0.5) is 18.8 Å². The van der Waals surface area contributed by atoms with Crippen LogP contribution in [0.25, 0.3) is 10.9 Å². The van der Waals surface area contributed by atoms with Gasteiger partial charge in [0.1, 0.15) is 5.82 Å². The minimum atomic E-state index is -2.72. The minimum Gasteiger partial charge on any atom is -0.450 e. The Morgan fingerprint density at radius 3 is 2.06 bits per heavy atom. The highest BCUT2D eigenvalue weighted by molar-refractivity contribution is 7.10. The first-order chi connectivity index (χ1) is 22.2. The number of aliphatic hydroxyl groups is 1. The average Bonchev–Trinajstić information content (AvgIpc) is 3.69. The van der Waals surface area contributed by atoms with Gasteiger partial charge in [0, 0.05) is 32.4 Å². The van der Waals surface area contributed by atoms with Gasteiger partial charge in [-0.3, -0.25) is 4.90 Å². The zero-order chi connectivity index (χ0) is 34.4. The van der Waals surface area contributed by atoms with Gasteiger partial charge in [-0.05, 0) is 87.5 Å². The van der Waals surface area contributed by atoms with Crippen LogP contribution in [0.2, 0.25) is 0 Å². The predicted molar refractivity (Wildman–Crippen MR) is 170 cm³/mol. The number of aromatic amines is 1. The number of benzene rings is 2. The van der Waals surface area contributed by atoms with Gasteiger partial charge in [0.2, 0.25) is 0 Å². The molecular weight excluding hydrogens is 635 g/mol. The van der Waals surface area contributed by atoms with Crippen LogP contribution in [0.1, 0.15) is 47.4 Å². The van der Waals surface area contributed by atoms with Crippen LogP contribution < -0.4 is 0 Å². The summed E-state index contributed by atoms with van der Waals surface area (Å²) < 4.78 is 25.7. The first kappa shape index (κ1) is 35.2. The SMILES string of the molecule is Cc1c(C2(c3cccs3)CCC(c3cccc(F)c3)(N(C)C)CC2)[nH]c2ccccc12.O=C(O)OCC(O)(COC(=O)O)OC(=O)O. The maximum atomic E-state index is 14.1. The van der Waals surface area contributed by atoms with E-state index < -0.39 is 37.5 Å². The number of aryl methyl sites for hydroxylation is 1. The van der Waals surface area contributed by atoms with Gasteiger partial charge in [-0.2, -0.15) is 0 Å². The molecule has 47 heavy (non-hydrogen) atoms. The molecular formula is C33H37FN2O10S. The molecule has 5 rings (SSSR count). The highest BCUT2D eigenvalue weighted by Gasteiger charge is 2.48. The Kier molecular flexibility index (Phi) is 10.8. The summed E-state index contributed by atoms with van der Waals surface area (Å²) in [5.74, 6) is -2.87. The molecule has 0 amide bonds. The molecule has 4 aromatic rings. The fraction of sp³-hybridized carbons (Fsp3) is 0.364. The largest absolute Gasteiger partial charge is 0.508 e. The second kappa shape index (κ2) is 14.4. The Morgan fingerprint density at radius 1 is 0.915 bits per heavy atom. The van der Waals surface area contributed by atoms with Crippen molar-refractivity contribution in [1.82, 2.24) is 9.88 Å². The highest BCUT2D eigenvalue weighted by Crippen LogP contribution is 2.54. The van der Waals surface area contributed by atoms with Gasteiger partial charge in [-0.1, -0.05) is 36.4 Å². The van der Waals surface area contributed by atoms with Crippen LogP contribution in [-0.4, -0.2) is 81.9 Å². The third kappa shape index (κ3) is 7.84. The second-order valence-electron chi connectivity index (χ2n) is 11.6. The van der Waals surface area contributed by atoms with Crippen LogP contribution in [0.15, 0.2) is 66.0 Å². The molecule has 0 spiro atoms. The molecule has 2 heterocycles. The zero-order valence-corrected chi connectivity index (χ0v) is 26.9. The lowest BCUT2D eigenvalue weighted by Crippen LogP contribution is -2.48. The van der Waals surface area contributed by atoms with Crippen LogP contribution >= 0.6 is 11.3 Å². The number of halogens is 1. The number of para-hydroxylation sites is 1. The van der Waals surface area contributed by atoms with E-state index in [1.54, 1.807) is 12.1 Å². The van der Waals surface area contributed by atoms with E-state index in [9.17, 15) is 23.9 Å². The van der Waals surface area contributed by atoms with Crippen molar-refractivity contribution in [3.63, 3.8) is 0 Å². The molecule has 1 saturated carbocycles. The number of nitrogens with zero attached hydrogens (tertiary/aromatic N) is 1. The third-order valence-electron chi connectivity index (χ3n) is 8.71. The Labute approximate surface area is 273 Å². The summed E-state index contributed by atoms with van der Waals surface area (Å²) in [5, 5.41) is 37.2. The number of fused-ring (bicyclic) bond motifs is 1. The lowest BCUT2D eigenvalue weighted by Gasteiger charge is -2.50. The Hall–Kier alpha value is -4.66. The zero-order valence-electron chi connectivity index (χ0n) is 26.1. The number of aromatic nitrogens is 1. The molecule has 0 radical (unpaired) electrons. The smallest absolute Gasteiger partial charge is 0.450 e. The predicted octanol–water partition coefficient (Wildman–Crippen LogP) is 6.75. The highest BCUT2D eigenvalue weighted by atomic mass is 32.1. The number of hydrogen-bond donors (Lipinski definition) is 5. The van der Waals surface area contributed by atoms with E-state index in [2.05, 4.69) is 93.0 Å². The molecule has 1 fully saturated rings. The number of ether oxygens (including phenoxy) is 3. The molecule has 2 aromatic carbocycles. The van der Waals surface area contributed by atoms with Gasteiger partial charge in [0.15, 0.2) is 13.2 Å². The molecule has 0 unspecified atom stereocenters. The van der Waals surface area contributed by atoms with Crippen LogP contribution in [-0.2, 0) is 25.2 Å². The monoisotopic (exact) mass is 672 g/mol. The number of thiophene rings is 1. The molecule has 0 atom stereocenters. The summed E-state index contributed by atoms with van der Waals surface area (Å²) in [6.45, 7) is 0.00766. The third-order valence-corrected chi connectivity index (χ3v) is 9.78. The van der Waals surface area contributed by atoms with Crippen molar-refractivity contribution < 1.29 is 53.4 Å². The number of carboxylic acid groups (broad SMARTS) is 3. The maximum Gasteiger partial charge on any atom is 0.508 e. The number of hydrogen-bond acceptors (Lipinski definition) is 9. The molecule has 2 aromatic heterocycles. The molecule has 12 nitrogen and oxygen atoms in total. The normalized spacial score (nSPS) is 19.4. The van der Waals surface area contributed by atoms with E-state index in [0.717, 1.165) is 31.2 Å². The van der Waals surface area contributed by atoms with Crippen molar-refractivity contribution in [3.05, 3.63) is 93.6 Å². The Balaban J connectivity index is 0.000000267. The van der Waals surface area contributed by atoms with Crippen LogP contribution in [0.3, 0.4) is 0 Å². The number of nitrogens with one attached hydrogen (secondary N) is 1. The summed E-state index contributed by atoms with van der Waals surface area (Å²) in [4.78, 5) is 37.6. The molecule has 1 aliphatic rings. The first-order valence-electron chi connectivity index (χ1n) is 14.6. The van der Waals surface area contributed by atoms with Crippen LogP contribution in [0, 0.1) is 12.7 Å². The van der Waals surface area contributed by atoms with Gasteiger partial charge in [-0.15, -0.1) is 11.3 Å². The van der Waals surface area contributed by atoms with Crippen molar-refractivity contribution >= 4 is 40.7 Å².